The molecule has 1 aromatic heterocycles. The third kappa shape index (κ3) is 5.57. The maximum absolute atomic E-state index is 6.26. The average molecular weight is 370 g/mol. The SMILES string of the molecule is Cl.NC(CCCC=C(c1ccccc1)c1ccccc1)c1ccsc1. The Labute approximate surface area is 160 Å². The number of thiophene rings is 1. The Kier molecular flexibility index (Phi) is 7.93. The Morgan fingerprint density at radius 3 is 2.04 bits per heavy atom. The molecular formula is C22H24ClNS. The van der Waals surface area contributed by atoms with Crippen molar-refractivity contribution in [3.8, 4) is 0 Å². The van der Waals surface area contributed by atoms with Crippen molar-refractivity contribution >= 4 is 29.3 Å². The van der Waals surface area contributed by atoms with Crippen LogP contribution in [0.5, 0.6) is 0 Å². The van der Waals surface area contributed by atoms with Crippen LogP contribution in [0, 0.1) is 0 Å². The molecule has 0 saturated carbocycles. The minimum absolute atomic E-state index is 0. The van der Waals surface area contributed by atoms with Gasteiger partial charge in [0.05, 0.1) is 0 Å². The van der Waals surface area contributed by atoms with E-state index in [9.17, 15) is 0 Å². The third-order valence-corrected chi connectivity index (χ3v) is 4.91. The summed E-state index contributed by atoms with van der Waals surface area (Å²) in [5, 5.41) is 4.25. The molecule has 0 spiro atoms. The summed E-state index contributed by atoms with van der Waals surface area (Å²) in [6.45, 7) is 0. The maximum Gasteiger partial charge on any atom is 0.0303 e. The average Bonchev–Trinajstić information content (AvgIpc) is 3.18. The van der Waals surface area contributed by atoms with Crippen molar-refractivity contribution in [1.29, 1.82) is 0 Å². The van der Waals surface area contributed by atoms with Crippen LogP contribution in [-0.4, -0.2) is 0 Å². The molecule has 0 saturated heterocycles. The molecule has 0 bridgehead atoms. The second-order valence-electron chi connectivity index (χ2n) is 5.94. The smallest absolute Gasteiger partial charge is 0.0303 e. The first-order valence-corrected chi connectivity index (χ1v) is 9.37. The van der Waals surface area contributed by atoms with Crippen LogP contribution in [0.1, 0.15) is 42.0 Å². The van der Waals surface area contributed by atoms with Gasteiger partial charge in [0.1, 0.15) is 0 Å². The van der Waals surface area contributed by atoms with E-state index in [1.54, 1.807) is 11.3 Å². The Bertz CT molecular complexity index is 710. The summed E-state index contributed by atoms with van der Waals surface area (Å²) >= 11 is 1.71. The normalized spacial score (nSPS) is 11.4. The van der Waals surface area contributed by atoms with E-state index in [0.29, 0.717) is 0 Å². The van der Waals surface area contributed by atoms with Crippen molar-refractivity contribution in [3.05, 3.63) is 100 Å². The number of unbranched alkanes of at least 4 members (excludes halogenated alkanes) is 1. The zero-order chi connectivity index (χ0) is 16.6. The third-order valence-electron chi connectivity index (χ3n) is 4.21. The number of nitrogens with two attached hydrogens (primary N) is 1. The highest BCUT2D eigenvalue weighted by Gasteiger charge is 2.07. The van der Waals surface area contributed by atoms with Crippen LogP contribution in [0.25, 0.3) is 5.57 Å². The van der Waals surface area contributed by atoms with Gasteiger partial charge < -0.3 is 5.73 Å². The molecule has 1 unspecified atom stereocenters. The molecule has 0 radical (unpaired) electrons. The highest BCUT2D eigenvalue weighted by Crippen LogP contribution is 2.25. The molecule has 0 aliphatic rings. The van der Waals surface area contributed by atoms with Gasteiger partial charge in [-0.1, -0.05) is 66.7 Å². The summed E-state index contributed by atoms with van der Waals surface area (Å²) < 4.78 is 0. The highest BCUT2D eigenvalue weighted by atomic mass is 35.5. The Hall–Kier alpha value is -1.87. The topological polar surface area (TPSA) is 26.0 Å². The van der Waals surface area contributed by atoms with Crippen molar-refractivity contribution in [2.75, 3.05) is 0 Å². The van der Waals surface area contributed by atoms with E-state index in [1.807, 2.05) is 0 Å². The molecule has 2 N–H and O–H groups in total. The molecule has 3 aromatic rings. The zero-order valence-corrected chi connectivity index (χ0v) is 15.8. The molecule has 0 amide bonds. The Morgan fingerprint density at radius 1 is 0.920 bits per heavy atom. The lowest BCUT2D eigenvalue weighted by atomic mass is 9.96. The molecule has 0 fully saturated rings. The van der Waals surface area contributed by atoms with Crippen molar-refractivity contribution < 1.29 is 0 Å². The monoisotopic (exact) mass is 369 g/mol. The van der Waals surface area contributed by atoms with Crippen molar-refractivity contribution in [1.82, 2.24) is 0 Å². The van der Waals surface area contributed by atoms with E-state index in [2.05, 4.69) is 83.6 Å². The fourth-order valence-electron chi connectivity index (χ4n) is 2.87. The van der Waals surface area contributed by atoms with Gasteiger partial charge >= 0.3 is 0 Å². The van der Waals surface area contributed by atoms with Gasteiger partial charge in [0.15, 0.2) is 0 Å². The van der Waals surface area contributed by atoms with Gasteiger partial charge in [0.2, 0.25) is 0 Å². The minimum Gasteiger partial charge on any atom is -0.324 e. The van der Waals surface area contributed by atoms with Crippen molar-refractivity contribution in [2.24, 2.45) is 5.73 Å². The van der Waals surface area contributed by atoms with Gasteiger partial charge in [-0.2, -0.15) is 11.3 Å². The fourth-order valence-corrected chi connectivity index (χ4v) is 3.60. The molecule has 2 aromatic carbocycles. The number of allylic oxidation sites excluding steroid dienone is 1. The maximum atomic E-state index is 6.26. The van der Waals surface area contributed by atoms with Crippen LogP contribution in [0.2, 0.25) is 0 Å². The van der Waals surface area contributed by atoms with E-state index in [4.69, 9.17) is 5.73 Å². The summed E-state index contributed by atoms with van der Waals surface area (Å²) in [4.78, 5) is 0. The standard InChI is InChI=1S/C22H23NS.ClH/c23-22(20-15-16-24-17-20)14-8-7-13-21(18-9-3-1-4-10-18)19-11-5-2-6-12-19;/h1-6,9-13,15-17,22H,7-8,14,23H2;1H. The van der Waals surface area contributed by atoms with E-state index in [-0.39, 0.29) is 18.4 Å². The molecule has 25 heavy (non-hydrogen) atoms. The van der Waals surface area contributed by atoms with Gasteiger partial charge in [-0.25, -0.2) is 0 Å². The van der Waals surface area contributed by atoms with Gasteiger partial charge in [0.25, 0.3) is 0 Å². The first-order valence-electron chi connectivity index (χ1n) is 8.43. The van der Waals surface area contributed by atoms with E-state index >= 15 is 0 Å². The molecule has 3 heteroatoms. The second-order valence-corrected chi connectivity index (χ2v) is 6.72. The lowest BCUT2D eigenvalue weighted by molar-refractivity contribution is 0.619. The molecule has 0 aliphatic carbocycles. The molecule has 1 atom stereocenters. The molecular weight excluding hydrogens is 346 g/mol. The number of benzene rings is 2. The number of rotatable bonds is 7. The molecule has 3 rings (SSSR count). The first kappa shape index (κ1) is 19.5. The molecule has 1 heterocycles. The minimum atomic E-state index is 0. The summed E-state index contributed by atoms with van der Waals surface area (Å²) in [6, 6.07) is 23.5. The number of hydrogen-bond donors (Lipinski definition) is 1. The molecule has 0 aliphatic heterocycles. The lowest BCUT2D eigenvalue weighted by Gasteiger charge is -2.11. The van der Waals surface area contributed by atoms with Crippen molar-refractivity contribution in [3.63, 3.8) is 0 Å². The first-order chi connectivity index (χ1) is 11.8. The number of halogens is 1. The van der Waals surface area contributed by atoms with Gasteiger partial charge in [-0.15, -0.1) is 12.4 Å². The quantitative estimate of drug-likeness (QED) is 0.474. The predicted octanol–water partition coefficient (Wildman–Crippen LogP) is 6.47. The zero-order valence-electron chi connectivity index (χ0n) is 14.2. The van der Waals surface area contributed by atoms with Gasteiger partial charge in [-0.05, 0) is 58.4 Å². The Balaban J connectivity index is 0.00000225. The largest absolute Gasteiger partial charge is 0.324 e. The summed E-state index contributed by atoms with van der Waals surface area (Å²) in [5.74, 6) is 0. The van der Waals surface area contributed by atoms with Crippen LogP contribution < -0.4 is 5.73 Å². The van der Waals surface area contributed by atoms with Gasteiger partial charge in [0, 0.05) is 6.04 Å². The van der Waals surface area contributed by atoms with Crippen LogP contribution in [0.4, 0.5) is 0 Å². The Morgan fingerprint density at radius 2 is 1.52 bits per heavy atom. The fraction of sp³-hybridized carbons (Fsp3) is 0.182. The van der Waals surface area contributed by atoms with Crippen LogP contribution in [0.15, 0.2) is 83.6 Å². The molecule has 1 nitrogen and oxygen atoms in total. The van der Waals surface area contributed by atoms with Crippen molar-refractivity contribution in [2.45, 2.75) is 25.3 Å². The predicted molar refractivity (Wildman–Crippen MR) is 112 cm³/mol. The van der Waals surface area contributed by atoms with Crippen LogP contribution >= 0.6 is 23.7 Å². The van der Waals surface area contributed by atoms with E-state index < -0.39 is 0 Å². The highest BCUT2D eigenvalue weighted by molar-refractivity contribution is 7.07. The summed E-state index contributed by atoms with van der Waals surface area (Å²) in [5.41, 5.74) is 11.4. The number of hydrogen-bond acceptors (Lipinski definition) is 2. The lowest BCUT2D eigenvalue weighted by Crippen LogP contribution is -2.08. The molecule has 130 valence electrons. The van der Waals surface area contributed by atoms with E-state index in [0.717, 1.165) is 19.3 Å². The second kappa shape index (κ2) is 10.2. The van der Waals surface area contributed by atoms with Gasteiger partial charge in [-0.3, -0.25) is 0 Å². The van der Waals surface area contributed by atoms with E-state index in [1.165, 1.54) is 22.3 Å². The summed E-state index contributed by atoms with van der Waals surface area (Å²) in [6.07, 6.45) is 5.51. The van der Waals surface area contributed by atoms with Crippen LogP contribution in [-0.2, 0) is 0 Å². The van der Waals surface area contributed by atoms with Crippen LogP contribution in [0.3, 0.4) is 0 Å². The summed E-state index contributed by atoms with van der Waals surface area (Å²) in [7, 11) is 0.